The van der Waals surface area contributed by atoms with Crippen molar-refractivity contribution in [3.8, 4) is 0 Å². The Bertz CT molecular complexity index is 661. The van der Waals surface area contributed by atoms with Crippen LogP contribution in [0.3, 0.4) is 0 Å². The highest BCUT2D eigenvalue weighted by Gasteiger charge is 2.46. The maximum Gasteiger partial charge on any atom is 0.245 e. The van der Waals surface area contributed by atoms with E-state index in [0.717, 1.165) is 25.3 Å². The average Bonchev–Trinajstić information content (AvgIpc) is 3.09. The summed E-state index contributed by atoms with van der Waals surface area (Å²) >= 11 is 0. The van der Waals surface area contributed by atoms with Crippen LogP contribution < -0.4 is 5.32 Å². The van der Waals surface area contributed by atoms with Crippen molar-refractivity contribution in [1.82, 2.24) is 24.7 Å². The van der Waals surface area contributed by atoms with Gasteiger partial charge in [0.1, 0.15) is 17.4 Å². The molecule has 3 rings (SSSR count). The molecule has 2 amide bonds. The summed E-state index contributed by atoms with van der Waals surface area (Å²) in [6.07, 6.45) is 6.00. The van der Waals surface area contributed by atoms with E-state index in [0.29, 0.717) is 25.9 Å². The standard InChI is InChI=1S/C19H31N5O2/c1-14(2)16-20-9-13-24(16)15(3)17(25)23-11-6-19(7-12-23)18(26)21-8-5-10-22(19)4/h9,13-15H,5-8,10-12H2,1-4H3,(H,21,26). The maximum absolute atomic E-state index is 13.0. The van der Waals surface area contributed by atoms with Gasteiger partial charge in [0.25, 0.3) is 0 Å². The van der Waals surface area contributed by atoms with E-state index in [1.165, 1.54) is 0 Å². The summed E-state index contributed by atoms with van der Waals surface area (Å²) in [5.74, 6) is 1.43. The summed E-state index contributed by atoms with van der Waals surface area (Å²) in [6.45, 7) is 8.99. The van der Waals surface area contributed by atoms with Crippen molar-refractivity contribution in [2.75, 3.05) is 33.2 Å². The van der Waals surface area contributed by atoms with Crippen molar-refractivity contribution in [3.63, 3.8) is 0 Å². The predicted molar refractivity (Wildman–Crippen MR) is 99.8 cm³/mol. The van der Waals surface area contributed by atoms with Gasteiger partial charge in [-0.05, 0) is 33.2 Å². The number of carbonyl (C=O) groups is 2. The summed E-state index contributed by atoms with van der Waals surface area (Å²) in [4.78, 5) is 34.2. The number of likely N-dealkylation sites (N-methyl/N-ethyl adjacent to an activating group) is 1. The topological polar surface area (TPSA) is 70.5 Å². The van der Waals surface area contributed by atoms with Crippen molar-refractivity contribution in [3.05, 3.63) is 18.2 Å². The molecule has 1 aromatic heterocycles. The second kappa shape index (κ2) is 7.39. The molecule has 2 aliphatic heterocycles. The van der Waals surface area contributed by atoms with Crippen LogP contribution in [0.25, 0.3) is 0 Å². The van der Waals surface area contributed by atoms with Crippen molar-refractivity contribution in [2.45, 2.75) is 57.5 Å². The van der Waals surface area contributed by atoms with Gasteiger partial charge in [-0.1, -0.05) is 13.8 Å². The SMILES string of the molecule is CC(C)c1nccn1C(C)C(=O)N1CCC2(CC1)C(=O)NCCCN2C. The largest absolute Gasteiger partial charge is 0.354 e. The number of likely N-dealkylation sites (tertiary alicyclic amines) is 1. The fourth-order valence-corrected chi connectivity index (χ4v) is 4.26. The van der Waals surface area contributed by atoms with Crippen LogP contribution in [0.5, 0.6) is 0 Å². The normalized spacial score (nSPS) is 22.3. The van der Waals surface area contributed by atoms with Crippen LogP contribution in [-0.2, 0) is 9.59 Å². The summed E-state index contributed by atoms with van der Waals surface area (Å²) in [7, 11) is 2.03. The molecule has 1 unspecified atom stereocenters. The van der Waals surface area contributed by atoms with Gasteiger partial charge in [0.2, 0.25) is 11.8 Å². The zero-order chi connectivity index (χ0) is 18.9. The molecule has 144 valence electrons. The lowest BCUT2D eigenvalue weighted by Gasteiger charge is -2.45. The van der Waals surface area contributed by atoms with Crippen LogP contribution in [0.15, 0.2) is 12.4 Å². The van der Waals surface area contributed by atoms with Gasteiger partial charge in [0, 0.05) is 44.5 Å². The molecular weight excluding hydrogens is 330 g/mol. The minimum absolute atomic E-state index is 0.108. The molecule has 0 bridgehead atoms. The summed E-state index contributed by atoms with van der Waals surface area (Å²) in [5.41, 5.74) is -0.464. The highest BCUT2D eigenvalue weighted by atomic mass is 16.2. The molecule has 0 saturated carbocycles. The Hall–Kier alpha value is -1.89. The number of rotatable bonds is 3. The van der Waals surface area contributed by atoms with Crippen molar-refractivity contribution < 1.29 is 9.59 Å². The molecule has 7 heteroatoms. The molecule has 0 aliphatic carbocycles. The molecular formula is C19H31N5O2. The first kappa shape index (κ1) is 18.9. The molecule has 7 nitrogen and oxygen atoms in total. The zero-order valence-electron chi connectivity index (χ0n) is 16.4. The molecule has 2 aliphatic rings. The van der Waals surface area contributed by atoms with Gasteiger partial charge in [0.05, 0.1) is 0 Å². The van der Waals surface area contributed by atoms with Gasteiger partial charge >= 0.3 is 0 Å². The quantitative estimate of drug-likeness (QED) is 0.883. The second-order valence-corrected chi connectivity index (χ2v) is 7.91. The smallest absolute Gasteiger partial charge is 0.245 e. The van der Waals surface area contributed by atoms with E-state index in [1.54, 1.807) is 6.20 Å². The summed E-state index contributed by atoms with van der Waals surface area (Å²) < 4.78 is 1.97. The van der Waals surface area contributed by atoms with Crippen molar-refractivity contribution in [2.24, 2.45) is 0 Å². The van der Waals surface area contributed by atoms with Crippen LogP contribution in [0.2, 0.25) is 0 Å². The van der Waals surface area contributed by atoms with Crippen LogP contribution in [0.1, 0.15) is 57.8 Å². The molecule has 2 saturated heterocycles. The maximum atomic E-state index is 13.0. The lowest BCUT2D eigenvalue weighted by atomic mass is 9.85. The molecule has 1 N–H and O–H groups in total. The number of carbonyl (C=O) groups excluding carboxylic acids is 2. The first-order chi connectivity index (χ1) is 12.4. The van der Waals surface area contributed by atoms with Gasteiger partial charge < -0.3 is 14.8 Å². The first-order valence-corrected chi connectivity index (χ1v) is 9.68. The summed E-state index contributed by atoms with van der Waals surface area (Å²) in [6, 6.07) is -0.273. The minimum Gasteiger partial charge on any atom is -0.354 e. The highest BCUT2D eigenvalue weighted by Crippen LogP contribution is 2.31. The van der Waals surface area contributed by atoms with E-state index in [-0.39, 0.29) is 23.8 Å². The van der Waals surface area contributed by atoms with Gasteiger partial charge in [-0.25, -0.2) is 4.98 Å². The number of piperidine rings is 1. The molecule has 0 radical (unpaired) electrons. The van der Waals surface area contributed by atoms with Crippen LogP contribution >= 0.6 is 0 Å². The molecule has 1 atom stereocenters. The molecule has 1 spiro atoms. The van der Waals surface area contributed by atoms with E-state index in [9.17, 15) is 9.59 Å². The van der Waals surface area contributed by atoms with Gasteiger partial charge in [0.15, 0.2) is 0 Å². The van der Waals surface area contributed by atoms with Crippen LogP contribution in [0, 0.1) is 0 Å². The molecule has 0 aromatic carbocycles. The third-order valence-electron chi connectivity index (χ3n) is 6.00. The number of hydrogen-bond donors (Lipinski definition) is 1. The third kappa shape index (κ3) is 3.24. The predicted octanol–water partition coefficient (Wildman–Crippen LogP) is 1.38. The average molecular weight is 361 g/mol. The van der Waals surface area contributed by atoms with Crippen LogP contribution in [-0.4, -0.2) is 69.9 Å². The van der Waals surface area contributed by atoms with E-state index in [4.69, 9.17) is 0 Å². The first-order valence-electron chi connectivity index (χ1n) is 9.68. The van der Waals surface area contributed by atoms with E-state index in [1.807, 2.05) is 29.6 Å². The second-order valence-electron chi connectivity index (χ2n) is 7.91. The lowest BCUT2D eigenvalue weighted by Crippen LogP contribution is -2.61. The Morgan fingerprint density at radius 1 is 1.23 bits per heavy atom. The molecule has 26 heavy (non-hydrogen) atoms. The van der Waals surface area contributed by atoms with Crippen LogP contribution in [0.4, 0.5) is 0 Å². The molecule has 2 fully saturated rings. The van der Waals surface area contributed by atoms with Gasteiger partial charge in [-0.3, -0.25) is 14.5 Å². The Labute approximate surface area is 155 Å². The zero-order valence-corrected chi connectivity index (χ0v) is 16.4. The monoisotopic (exact) mass is 361 g/mol. The fourth-order valence-electron chi connectivity index (χ4n) is 4.26. The number of amides is 2. The molecule has 1 aromatic rings. The van der Waals surface area contributed by atoms with Crippen molar-refractivity contribution in [1.29, 1.82) is 0 Å². The number of aromatic nitrogens is 2. The number of nitrogens with zero attached hydrogens (tertiary/aromatic N) is 4. The minimum atomic E-state index is -0.464. The number of imidazole rings is 1. The lowest BCUT2D eigenvalue weighted by molar-refractivity contribution is -0.143. The van der Waals surface area contributed by atoms with E-state index in [2.05, 4.69) is 29.0 Å². The van der Waals surface area contributed by atoms with E-state index >= 15 is 0 Å². The highest BCUT2D eigenvalue weighted by molar-refractivity contribution is 5.87. The fraction of sp³-hybridized carbons (Fsp3) is 0.737. The number of hydrogen-bond acceptors (Lipinski definition) is 4. The Kier molecular flexibility index (Phi) is 5.37. The van der Waals surface area contributed by atoms with Crippen molar-refractivity contribution >= 4 is 11.8 Å². The number of nitrogens with one attached hydrogen (secondary N) is 1. The molecule has 3 heterocycles. The van der Waals surface area contributed by atoms with E-state index < -0.39 is 5.54 Å². The van der Waals surface area contributed by atoms with Gasteiger partial charge in [-0.2, -0.15) is 0 Å². The third-order valence-corrected chi connectivity index (χ3v) is 6.00. The Morgan fingerprint density at radius 3 is 2.58 bits per heavy atom. The Morgan fingerprint density at radius 2 is 1.92 bits per heavy atom. The van der Waals surface area contributed by atoms with Gasteiger partial charge in [-0.15, -0.1) is 0 Å². The Balaban J connectivity index is 1.70. The summed E-state index contributed by atoms with van der Waals surface area (Å²) in [5, 5.41) is 3.05.